The molecule has 1 aromatic carbocycles. The first-order valence-electron chi connectivity index (χ1n) is 4.04. The van der Waals surface area contributed by atoms with Crippen LogP contribution in [0.5, 0.6) is 0 Å². The summed E-state index contributed by atoms with van der Waals surface area (Å²) in [4.78, 5) is 0. The summed E-state index contributed by atoms with van der Waals surface area (Å²) >= 11 is 5.76. The highest BCUT2D eigenvalue weighted by Gasteiger charge is 2.05. The van der Waals surface area contributed by atoms with E-state index in [4.69, 9.17) is 17.3 Å². The molecule has 0 aliphatic rings. The maximum atomic E-state index is 5.76. The Morgan fingerprint density at radius 2 is 1.93 bits per heavy atom. The average Bonchev–Trinajstić information content (AvgIpc) is 2.67. The second-order valence-corrected chi connectivity index (χ2v) is 3.12. The molecule has 15 heavy (non-hydrogen) atoms. The van der Waals surface area contributed by atoms with E-state index in [-0.39, 0.29) is 12.4 Å². The SMILES string of the molecule is Cl.NCc1nnnn1-c1ccc(Cl)cc1. The van der Waals surface area contributed by atoms with Crippen molar-refractivity contribution in [1.82, 2.24) is 20.2 Å². The van der Waals surface area contributed by atoms with Crippen LogP contribution in [-0.4, -0.2) is 20.2 Å². The van der Waals surface area contributed by atoms with Gasteiger partial charge in [0.2, 0.25) is 0 Å². The highest BCUT2D eigenvalue weighted by atomic mass is 35.5. The van der Waals surface area contributed by atoms with Crippen molar-refractivity contribution in [3.8, 4) is 5.69 Å². The second-order valence-electron chi connectivity index (χ2n) is 2.69. The van der Waals surface area contributed by atoms with E-state index in [1.54, 1.807) is 16.8 Å². The first-order valence-corrected chi connectivity index (χ1v) is 4.42. The van der Waals surface area contributed by atoms with Gasteiger partial charge in [0.1, 0.15) is 0 Å². The summed E-state index contributed by atoms with van der Waals surface area (Å²) in [5.74, 6) is 0.618. The fourth-order valence-electron chi connectivity index (χ4n) is 1.12. The average molecular weight is 246 g/mol. The number of nitrogens with zero attached hydrogens (tertiary/aromatic N) is 4. The quantitative estimate of drug-likeness (QED) is 0.864. The fourth-order valence-corrected chi connectivity index (χ4v) is 1.24. The van der Waals surface area contributed by atoms with Crippen LogP contribution in [-0.2, 0) is 6.54 Å². The van der Waals surface area contributed by atoms with Crippen molar-refractivity contribution in [2.24, 2.45) is 5.73 Å². The molecule has 0 spiro atoms. The van der Waals surface area contributed by atoms with Crippen molar-refractivity contribution in [2.45, 2.75) is 6.54 Å². The highest BCUT2D eigenvalue weighted by Crippen LogP contribution is 2.12. The lowest BCUT2D eigenvalue weighted by Gasteiger charge is -2.01. The zero-order chi connectivity index (χ0) is 9.97. The van der Waals surface area contributed by atoms with Crippen LogP contribution < -0.4 is 5.73 Å². The van der Waals surface area contributed by atoms with Crippen LogP contribution in [0.4, 0.5) is 0 Å². The van der Waals surface area contributed by atoms with E-state index in [9.17, 15) is 0 Å². The van der Waals surface area contributed by atoms with Crippen molar-refractivity contribution < 1.29 is 0 Å². The molecular weight excluding hydrogens is 237 g/mol. The predicted octanol–water partition coefficient (Wildman–Crippen LogP) is 1.20. The Hall–Kier alpha value is -1.17. The van der Waals surface area contributed by atoms with Crippen molar-refractivity contribution in [2.75, 3.05) is 0 Å². The number of aromatic nitrogens is 4. The van der Waals surface area contributed by atoms with Gasteiger partial charge in [-0.1, -0.05) is 11.6 Å². The molecule has 0 radical (unpaired) electrons. The number of tetrazole rings is 1. The monoisotopic (exact) mass is 245 g/mol. The number of rotatable bonds is 2. The molecule has 0 aliphatic carbocycles. The first kappa shape index (κ1) is 11.9. The van der Waals surface area contributed by atoms with Gasteiger partial charge >= 0.3 is 0 Å². The molecule has 2 N–H and O–H groups in total. The van der Waals surface area contributed by atoms with Crippen LogP contribution in [0.25, 0.3) is 5.69 Å². The van der Waals surface area contributed by atoms with Crippen LogP contribution in [0.15, 0.2) is 24.3 Å². The van der Waals surface area contributed by atoms with Gasteiger partial charge in [-0.25, -0.2) is 0 Å². The molecule has 2 aromatic rings. The number of benzene rings is 1. The van der Waals surface area contributed by atoms with E-state index in [0.717, 1.165) is 5.69 Å². The molecule has 0 aliphatic heterocycles. The standard InChI is InChI=1S/C8H8ClN5.ClH/c9-6-1-3-7(4-2-6)14-8(5-10)11-12-13-14;/h1-4H,5,10H2;1H. The van der Waals surface area contributed by atoms with Gasteiger partial charge in [-0.2, -0.15) is 4.68 Å². The second kappa shape index (κ2) is 5.06. The van der Waals surface area contributed by atoms with E-state index in [1.165, 1.54) is 0 Å². The van der Waals surface area contributed by atoms with E-state index < -0.39 is 0 Å². The summed E-state index contributed by atoms with van der Waals surface area (Å²) in [5.41, 5.74) is 6.32. The van der Waals surface area contributed by atoms with Crippen molar-refractivity contribution >= 4 is 24.0 Å². The number of nitrogens with two attached hydrogens (primary N) is 1. The van der Waals surface area contributed by atoms with Crippen LogP contribution in [0.3, 0.4) is 0 Å². The van der Waals surface area contributed by atoms with Crippen molar-refractivity contribution in [1.29, 1.82) is 0 Å². The maximum Gasteiger partial charge on any atom is 0.170 e. The summed E-state index contributed by atoms with van der Waals surface area (Å²) in [7, 11) is 0. The Balaban J connectivity index is 0.00000112. The normalized spacial score (nSPS) is 9.73. The van der Waals surface area contributed by atoms with Gasteiger partial charge in [0.15, 0.2) is 5.82 Å². The van der Waals surface area contributed by atoms with Gasteiger partial charge in [0, 0.05) is 5.02 Å². The van der Waals surface area contributed by atoms with E-state index in [2.05, 4.69) is 15.5 Å². The Kier molecular flexibility index (Phi) is 4.02. The molecule has 2 rings (SSSR count). The lowest BCUT2D eigenvalue weighted by Crippen LogP contribution is -2.07. The molecule has 1 aromatic heterocycles. The zero-order valence-corrected chi connectivity index (χ0v) is 9.24. The Morgan fingerprint density at radius 3 is 2.53 bits per heavy atom. The Morgan fingerprint density at radius 1 is 1.27 bits per heavy atom. The topological polar surface area (TPSA) is 69.6 Å². The van der Waals surface area contributed by atoms with Gasteiger partial charge in [-0.05, 0) is 34.7 Å². The Bertz CT molecular complexity index is 425. The summed E-state index contributed by atoms with van der Waals surface area (Å²) < 4.78 is 1.58. The van der Waals surface area contributed by atoms with E-state index in [1.807, 2.05) is 12.1 Å². The highest BCUT2D eigenvalue weighted by molar-refractivity contribution is 6.30. The molecular formula is C8H9Cl2N5. The zero-order valence-electron chi connectivity index (χ0n) is 7.67. The third-order valence-corrected chi connectivity index (χ3v) is 2.04. The molecule has 0 unspecified atom stereocenters. The molecule has 0 amide bonds. The summed E-state index contributed by atoms with van der Waals surface area (Å²) in [6.45, 7) is 0.301. The molecule has 0 fully saturated rings. The molecule has 0 bridgehead atoms. The molecule has 0 saturated heterocycles. The fraction of sp³-hybridized carbons (Fsp3) is 0.125. The van der Waals surface area contributed by atoms with Gasteiger partial charge in [-0.15, -0.1) is 17.5 Å². The van der Waals surface area contributed by atoms with Crippen LogP contribution in [0.1, 0.15) is 5.82 Å². The van der Waals surface area contributed by atoms with Crippen LogP contribution >= 0.6 is 24.0 Å². The lowest BCUT2D eigenvalue weighted by atomic mass is 10.3. The van der Waals surface area contributed by atoms with Crippen LogP contribution in [0.2, 0.25) is 5.02 Å². The molecule has 0 saturated carbocycles. The minimum atomic E-state index is 0. The molecule has 1 heterocycles. The van der Waals surface area contributed by atoms with E-state index >= 15 is 0 Å². The smallest absolute Gasteiger partial charge is 0.170 e. The lowest BCUT2D eigenvalue weighted by molar-refractivity contribution is 0.761. The number of hydrogen-bond donors (Lipinski definition) is 1. The van der Waals surface area contributed by atoms with Crippen LogP contribution in [0, 0.1) is 0 Å². The molecule has 5 nitrogen and oxygen atoms in total. The number of hydrogen-bond acceptors (Lipinski definition) is 4. The van der Waals surface area contributed by atoms with Gasteiger partial charge < -0.3 is 5.73 Å². The minimum absolute atomic E-state index is 0. The van der Waals surface area contributed by atoms with Crippen molar-refractivity contribution in [3.05, 3.63) is 35.1 Å². The van der Waals surface area contributed by atoms with Gasteiger partial charge in [0.25, 0.3) is 0 Å². The predicted molar refractivity (Wildman–Crippen MR) is 59.3 cm³/mol. The maximum absolute atomic E-state index is 5.76. The molecule has 7 heteroatoms. The van der Waals surface area contributed by atoms with E-state index in [0.29, 0.717) is 17.4 Å². The molecule has 0 atom stereocenters. The Labute approximate surface area is 97.6 Å². The third-order valence-electron chi connectivity index (χ3n) is 1.79. The van der Waals surface area contributed by atoms with Crippen molar-refractivity contribution in [3.63, 3.8) is 0 Å². The summed E-state index contributed by atoms with van der Waals surface area (Å²) in [6.07, 6.45) is 0. The first-order chi connectivity index (χ1) is 6.81. The minimum Gasteiger partial charge on any atom is -0.324 e. The molecule has 80 valence electrons. The summed E-state index contributed by atoms with van der Waals surface area (Å²) in [6, 6.07) is 7.22. The van der Waals surface area contributed by atoms with Gasteiger partial charge in [-0.3, -0.25) is 0 Å². The largest absolute Gasteiger partial charge is 0.324 e. The summed E-state index contributed by atoms with van der Waals surface area (Å²) in [5, 5.41) is 11.8. The number of halogens is 2. The third kappa shape index (κ3) is 2.44. The van der Waals surface area contributed by atoms with Gasteiger partial charge in [0.05, 0.1) is 12.2 Å².